The topological polar surface area (TPSA) is 214 Å². The molecule has 0 saturated heterocycles. The van der Waals surface area contributed by atoms with Crippen molar-refractivity contribution in [2.45, 2.75) is 65.2 Å². The van der Waals surface area contributed by atoms with Crippen molar-refractivity contribution in [2.75, 3.05) is 45.8 Å². The van der Waals surface area contributed by atoms with E-state index in [-0.39, 0.29) is 22.9 Å². The second-order valence-corrected chi connectivity index (χ2v) is 14.8. The second-order valence-electron chi connectivity index (χ2n) is 14.8. The zero-order valence-corrected chi connectivity index (χ0v) is 29.3. The molecule has 14 nitrogen and oxygen atoms in total. The zero-order valence-electron chi connectivity index (χ0n) is 29.3. The minimum atomic E-state index is -0.0850. The van der Waals surface area contributed by atoms with Crippen molar-refractivity contribution < 1.29 is 8.83 Å². The molecule has 2 aliphatic heterocycles. The van der Waals surface area contributed by atoms with Crippen LogP contribution in [0.25, 0.3) is 22.2 Å². The van der Waals surface area contributed by atoms with Crippen LogP contribution in [0.2, 0.25) is 0 Å². The molecule has 14 heteroatoms. The standard InChI is InChI=1S/2C18H22N6O/c2*1-10(2)7-18(3)8-24(14-15(18)21-9-22-16(14)19)11-4-5-13-12(6-11)23-17(20)25-13/h2*4-6,9-10H,7-8H2,1-3H3,(H2,20,23)(H2,19,21,22). The van der Waals surface area contributed by atoms with E-state index < -0.39 is 0 Å². The maximum absolute atomic E-state index is 6.22. The SMILES string of the molecule is CC(C)CC1(C)CN(c2ccc3oc(N)nc3c2)c2c(N)ncnc21.CC(C)CC1(C)CN(c2ccc3oc(N)nc3c2)c2c(N)ncnc21. The van der Waals surface area contributed by atoms with Crippen molar-refractivity contribution in [3.05, 3.63) is 60.4 Å². The molecule has 6 heterocycles. The monoisotopic (exact) mass is 676 g/mol. The van der Waals surface area contributed by atoms with Crippen LogP contribution in [0.5, 0.6) is 0 Å². The maximum atomic E-state index is 6.22. The Kier molecular flexibility index (Phi) is 7.91. The minimum absolute atomic E-state index is 0.0850. The third-order valence-corrected chi connectivity index (χ3v) is 9.51. The highest BCUT2D eigenvalue weighted by Crippen LogP contribution is 2.50. The normalized spacial score (nSPS) is 19.8. The molecule has 0 fully saturated rings. The first-order valence-electron chi connectivity index (χ1n) is 16.8. The van der Waals surface area contributed by atoms with Gasteiger partial charge in [0.25, 0.3) is 12.0 Å². The van der Waals surface area contributed by atoms with E-state index in [1.165, 1.54) is 0 Å². The third-order valence-electron chi connectivity index (χ3n) is 9.51. The Hall–Kier alpha value is -5.66. The number of nitrogens with zero attached hydrogens (tertiary/aromatic N) is 8. The van der Waals surface area contributed by atoms with E-state index in [1.807, 2.05) is 36.4 Å². The van der Waals surface area contributed by atoms with E-state index in [2.05, 4.69) is 81.2 Å². The van der Waals surface area contributed by atoms with Crippen LogP contribution in [-0.2, 0) is 10.8 Å². The first kappa shape index (κ1) is 32.9. The Balaban J connectivity index is 0.000000157. The quantitative estimate of drug-likeness (QED) is 0.149. The summed E-state index contributed by atoms with van der Waals surface area (Å²) < 4.78 is 10.7. The molecular formula is C36H44N12O2. The largest absolute Gasteiger partial charge is 0.424 e. The fourth-order valence-electron chi connectivity index (χ4n) is 7.97. The fraction of sp³-hybridized carbons (Fsp3) is 0.389. The van der Waals surface area contributed by atoms with Gasteiger partial charge in [0, 0.05) is 35.3 Å². The number of anilines is 8. The van der Waals surface area contributed by atoms with E-state index >= 15 is 0 Å². The highest BCUT2D eigenvalue weighted by atomic mass is 16.4. The molecule has 0 radical (unpaired) electrons. The van der Waals surface area contributed by atoms with Crippen molar-refractivity contribution >= 4 is 68.6 Å². The molecule has 4 aromatic heterocycles. The molecule has 260 valence electrons. The van der Waals surface area contributed by atoms with E-state index in [4.69, 9.17) is 31.8 Å². The summed E-state index contributed by atoms with van der Waals surface area (Å²) in [5.74, 6) is 2.09. The molecule has 2 aromatic carbocycles. The van der Waals surface area contributed by atoms with Gasteiger partial charge in [0.05, 0.1) is 11.4 Å². The summed E-state index contributed by atoms with van der Waals surface area (Å²) in [4.78, 5) is 30.4. The van der Waals surface area contributed by atoms with Gasteiger partial charge < -0.3 is 41.6 Å². The van der Waals surface area contributed by atoms with Crippen LogP contribution < -0.4 is 32.7 Å². The molecular weight excluding hydrogens is 632 g/mol. The predicted octanol–water partition coefficient (Wildman–Crippen LogP) is 6.48. The Bertz CT molecular complexity index is 2060. The van der Waals surface area contributed by atoms with Crippen molar-refractivity contribution in [2.24, 2.45) is 11.8 Å². The Morgan fingerprint density at radius 1 is 0.640 bits per heavy atom. The number of oxazole rings is 2. The molecule has 0 bridgehead atoms. The lowest BCUT2D eigenvalue weighted by molar-refractivity contribution is 0.384. The van der Waals surface area contributed by atoms with Crippen molar-refractivity contribution in [1.82, 2.24) is 29.9 Å². The Morgan fingerprint density at radius 3 is 1.42 bits per heavy atom. The lowest BCUT2D eigenvalue weighted by Gasteiger charge is -2.27. The first-order chi connectivity index (χ1) is 23.7. The molecule has 50 heavy (non-hydrogen) atoms. The van der Waals surface area contributed by atoms with Crippen molar-refractivity contribution in [1.29, 1.82) is 0 Å². The van der Waals surface area contributed by atoms with Crippen LogP contribution >= 0.6 is 0 Å². The summed E-state index contributed by atoms with van der Waals surface area (Å²) in [5, 5.41) is 0. The molecule has 0 amide bonds. The molecule has 0 saturated carbocycles. The number of rotatable bonds is 6. The van der Waals surface area contributed by atoms with Gasteiger partial charge in [0.1, 0.15) is 35.1 Å². The van der Waals surface area contributed by atoms with Crippen LogP contribution in [0.15, 0.2) is 57.9 Å². The van der Waals surface area contributed by atoms with Crippen molar-refractivity contribution in [3.63, 3.8) is 0 Å². The average molecular weight is 677 g/mol. The summed E-state index contributed by atoms with van der Waals surface area (Å²) in [6.45, 7) is 15.0. The number of hydrogen-bond acceptors (Lipinski definition) is 14. The van der Waals surface area contributed by atoms with Crippen LogP contribution in [0.1, 0.15) is 65.8 Å². The van der Waals surface area contributed by atoms with Gasteiger partial charge in [0.2, 0.25) is 0 Å². The molecule has 2 aliphatic rings. The Labute approximate surface area is 290 Å². The van der Waals surface area contributed by atoms with E-state index in [0.717, 1.165) is 71.1 Å². The average Bonchev–Trinajstić information content (AvgIpc) is 3.77. The van der Waals surface area contributed by atoms with Gasteiger partial charge in [0.15, 0.2) is 22.8 Å². The highest BCUT2D eigenvalue weighted by molar-refractivity contribution is 5.86. The number of aromatic nitrogens is 6. The number of hydrogen-bond donors (Lipinski definition) is 4. The fourth-order valence-corrected chi connectivity index (χ4v) is 7.97. The third kappa shape index (κ3) is 5.73. The molecule has 6 aromatic rings. The number of benzene rings is 2. The van der Waals surface area contributed by atoms with Crippen molar-refractivity contribution in [3.8, 4) is 0 Å². The second kappa shape index (κ2) is 12.0. The predicted molar refractivity (Wildman–Crippen MR) is 197 cm³/mol. The molecule has 2 unspecified atom stereocenters. The van der Waals surface area contributed by atoms with Gasteiger partial charge in [-0.3, -0.25) is 0 Å². The molecule has 0 spiro atoms. The molecule has 2 atom stereocenters. The zero-order chi connectivity index (χ0) is 35.5. The van der Waals surface area contributed by atoms with Crippen LogP contribution in [-0.4, -0.2) is 43.0 Å². The summed E-state index contributed by atoms with van der Waals surface area (Å²) in [7, 11) is 0. The van der Waals surface area contributed by atoms with E-state index in [1.54, 1.807) is 12.7 Å². The minimum Gasteiger partial charge on any atom is -0.424 e. The van der Waals surface area contributed by atoms with Gasteiger partial charge in [-0.25, -0.2) is 19.9 Å². The number of nitrogens with two attached hydrogens (primary N) is 4. The maximum Gasteiger partial charge on any atom is 0.292 e. The van der Waals surface area contributed by atoms with Gasteiger partial charge in [-0.15, -0.1) is 0 Å². The van der Waals surface area contributed by atoms with E-state index in [9.17, 15) is 0 Å². The smallest absolute Gasteiger partial charge is 0.292 e. The lowest BCUT2D eigenvalue weighted by atomic mass is 9.80. The van der Waals surface area contributed by atoms with Crippen LogP contribution in [0.3, 0.4) is 0 Å². The first-order valence-corrected chi connectivity index (χ1v) is 16.8. The highest BCUT2D eigenvalue weighted by Gasteiger charge is 2.44. The van der Waals surface area contributed by atoms with E-state index in [0.29, 0.717) is 34.6 Å². The van der Waals surface area contributed by atoms with Gasteiger partial charge in [-0.05, 0) is 61.1 Å². The van der Waals surface area contributed by atoms with Crippen LogP contribution in [0.4, 0.5) is 46.4 Å². The summed E-state index contributed by atoms with van der Waals surface area (Å²) in [6, 6.07) is 12.0. The van der Waals surface area contributed by atoms with Gasteiger partial charge in [-0.1, -0.05) is 41.5 Å². The summed E-state index contributed by atoms with van der Waals surface area (Å²) >= 11 is 0. The van der Waals surface area contributed by atoms with Gasteiger partial charge >= 0.3 is 0 Å². The summed E-state index contributed by atoms with van der Waals surface area (Å²) in [6.07, 6.45) is 5.15. The number of fused-ring (bicyclic) bond motifs is 4. The Morgan fingerprint density at radius 2 is 1.04 bits per heavy atom. The molecule has 8 rings (SSSR count). The van der Waals surface area contributed by atoms with Crippen LogP contribution in [0, 0.1) is 11.8 Å². The molecule has 0 aliphatic carbocycles. The number of nitrogen functional groups attached to an aromatic ring is 4. The molecule has 8 N–H and O–H groups in total. The lowest BCUT2D eigenvalue weighted by Crippen LogP contribution is -2.30. The summed E-state index contributed by atoms with van der Waals surface area (Å²) in [5.41, 5.74) is 32.1. The van der Waals surface area contributed by atoms with Gasteiger partial charge in [-0.2, -0.15) is 9.97 Å².